The predicted octanol–water partition coefficient (Wildman–Crippen LogP) is 4.28. The number of nitrogens with zero attached hydrogens (tertiary/aromatic N) is 2. The largest absolute Gasteiger partial charge is 0.357 e. The zero-order chi connectivity index (χ0) is 22.6. The molecule has 0 saturated carbocycles. The fraction of sp³-hybridized carbons (Fsp3) is 0.462. The Labute approximate surface area is 192 Å². The SMILES string of the molecule is CCCC(=O)Nc1ccc(CN=C(NCC)NCc2ccc(CN3CCCC3)cc2)cc1. The molecule has 1 saturated heterocycles. The van der Waals surface area contributed by atoms with Gasteiger partial charge in [-0.1, -0.05) is 43.3 Å². The van der Waals surface area contributed by atoms with Crippen molar-refractivity contribution in [3.63, 3.8) is 0 Å². The fourth-order valence-corrected chi connectivity index (χ4v) is 3.80. The number of rotatable bonds is 10. The highest BCUT2D eigenvalue weighted by molar-refractivity contribution is 5.90. The lowest BCUT2D eigenvalue weighted by Gasteiger charge is -2.15. The van der Waals surface area contributed by atoms with E-state index in [-0.39, 0.29) is 5.91 Å². The number of aliphatic imine (C=N–C) groups is 1. The summed E-state index contributed by atoms with van der Waals surface area (Å²) in [6.07, 6.45) is 4.05. The Bertz CT molecular complexity index is 855. The number of carbonyl (C=O) groups is 1. The van der Waals surface area contributed by atoms with Crippen molar-refractivity contribution in [2.45, 2.75) is 59.2 Å². The molecular formula is C26H37N5O. The molecule has 1 aliphatic rings. The minimum absolute atomic E-state index is 0.0565. The van der Waals surface area contributed by atoms with E-state index >= 15 is 0 Å². The minimum atomic E-state index is 0.0565. The second-order valence-corrected chi connectivity index (χ2v) is 8.34. The molecule has 2 aromatic carbocycles. The first-order valence-corrected chi connectivity index (χ1v) is 11.9. The molecule has 1 heterocycles. The van der Waals surface area contributed by atoms with Crippen molar-refractivity contribution in [1.29, 1.82) is 0 Å². The fourth-order valence-electron chi connectivity index (χ4n) is 3.80. The molecule has 3 rings (SSSR count). The number of nitrogens with one attached hydrogen (secondary N) is 3. The highest BCUT2D eigenvalue weighted by atomic mass is 16.1. The molecule has 2 aromatic rings. The summed E-state index contributed by atoms with van der Waals surface area (Å²) in [4.78, 5) is 18.9. The molecule has 172 valence electrons. The van der Waals surface area contributed by atoms with Gasteiger partial charge in [-0.3, -0.25) is 9.69 Å². The zero-order valence-electron chi connectivity index (χ0n) is 19.5. The third kappa shape index (κ3) is 8.00. The first kappa shape index (κ1) is 23.8. The van der Waals surface area contributed by atoms with Crippen molar-refractivity contribution in [2.24, 2.45) is 4.99 Å². The third-order valence-electron chi connectivity index (χ3n) is 5.57. The van der Waals surface area contributed by atoms with E-state index in [9.17, 15) is 4.79 Å². The average Bonchev–Trinajstić information content (AvgIpc) is 3.31. The lowest BCUT2D eigenvalue weighted by Crippen LogP contribution is -2.36. The van der Waals surface area contributed by atoms with E-state index in [1.54, 1.807) is 0 Å². The van der Waals surface area contributed by atoms with Crippen LogP contribution in [-0.2, 0) is 24.4 Å². The summed E-state index contributed by atoms with van der Waals surface area (Å²) in [6.45, 7) is 9.69. The van der Waals surface area contributed by atoms with Crippen LogP contribution in [0, 0.1) is 0 Å². The third-order valence-corrected chi connectivity index (χ3v) is 5.57. The Morgan fingerprint density at radius 3 is 2.22 bits per heavy atom. The van der Waals surface area contributed by atoms with E-state index in [1.165, 1.54) is 37.1 Å². The van der Waals surface area contributed by atoms with Gasteiger partial charge < -0.3 is 16.0 Å². The van der Waals surface area contributed by atoms with Crippen LogP contribution in [0.2, 0.25) is 0 Å². The first-order valence-electron chi connectivity index (χ1n) is 11.9. The molecule has 0 unspecified atom stereocenters. The molecule has 1 fully saturated rings. The van der Waals surface area contributed by atoms with Crippen molar-refractivity contribution in [3.8, 4) is 0 Å². The molecule has 0 radical (unpaired) electrons. The van der Waals surface area contributed by atoms with Gasteiger partial charge >= 0.3 is 0 Å². The molecule has 6 heteroatoms. The van der Waals surface area contributed by atoms with E-state index in [0.717, 1.165) is 43.3 Å². The summed E-state index contributed by atoms with van der Waals surface area (Å²) in [6, 6.07) is 16.8. The smallest absolute Gasteiger partial charge is 0.224 e. The molecule has 0 bridgehead atoms. The van der Waals surface area contributed by atoms with Crippen LogP contribution in [0.5, 0.6) is 0 Å². The van der Waals surface area contributed by atoms with Crippen molar-refractivity contribution < 1.29 is 4.79 Å². The quantitative estimate of drug-likeness (QED) is 0.385. The van der Waals surface area contributed by atoms with Crippen molar-refractivity contribution in [2.75, 3.05) is 25.0 Å². The zero-order valence-corrected chi connectivity index (χ0v) is 19.5. The Morgan fingerprint density at radius 2 is 1.56 bits per heavy atom. The van der Waals surface area contributed by atoms with E-state index in [1.807, 2.05) is 31.2 Å². The molecular weight excluding hydrogens is 398 g/mol. The standard InChI is InChI=1S/C26H37N5O/c1-3-7-25(32)30-24-14-12-22(13-15-24)19-29-26(27-4-2)28-18-21-8-10-23(11-9-21)20-31-16-5-6-17-31/h8-15H,3-7,16-20H2,1-2H3,(H,30,32)(H2,27,28,29). The molecule has 0 spiro atoms. The number of hydrogen-bond acceptors (Lipinski definition) is 3. The van der Waals surface area contributed by atoms with Crippen molar-refractivity contribution in [1.82, 2.24) is 15.5 Å². The van der Waals surface area contributed by atoms with Gasteiger partial charge in [0.05, 0.1) is 6.54 Å². The number of hydrogen-bond donors (Lipinski definition) is 3. The molecule has 0 aliphatic carbocycles. The normalized spacial score (nSPS) is 14.4. The maximum absolute atomic E-state index is 11.7. The average molecular weight is 436 g/mol. The maximum atomic E-state index is 11.7. The van der Waals surface area contributed by atoms with Gasteiger partial charge in [0, 0.05) is 31.7 Å². The number of amides is 1. The Balaban J connectivity index is 1.49. The van der Waals surface area contributed by atoms with Crippen LogP contribution < -0.4 is 16.0 Å². The minimum Gasteiger partial charge on any atom is -0.357 e. The second-order valence-electron chi connectivity index (χ2n) is 8.34. The molecule has 1 aliphatic heterocycles. The molecule has 0 atom stereocenters. The summed E-state index contributed by atoms with van der Waals surface area (Å²) >= 11 is 0. The molecule has 1 amide bonds. The van der Waals surface area contributed by atoms with Gasteiger partial charge in [-0.15, -0.1) is 0 Å². The summed E-state index contributed by atoms with van der Waals surface area (Å²) in [5.74, 6) is 0.856. The Hall–Kier alpha value is -2.86. The Kier molecular flexibility index (Phi) is 9.57. The van der Waals surface area contributed by atoms with Gasteiger partial charge in [-0.25, -0.2) is 4.99 Å². The van der Waals surface area contributed by atoms with E-state index in [2.05, 4.69) is 52.0 Å². The lowest BCUT2D eigenvalue weighted by molar-refractivity contribution is -0.116. The maximum Gasteiger partial charge on any atom is 0.224 e. The number of carbonyl (C=O) groups excluding carboxylic acids is 1. The number of benzene rings is 2. The van der Waals surface area contributed by atoms with Crippen LogP contribution >= 0.6 is 0 Å². The van der Waals surface area contributed by atoms with Crippen LogP contribution in [-0.4, -0.2) is 36.4 Å². The lowest BCUT2D eigenvalue weighted by atomic mass is 10.1. The van der Waals surface area contributed by atoms with Gasteiger partial charge in [0.25, 0.3) is 0 Å². The molecule has 3 N–H and O–H groups in total. The summed E-state index contributed by atoms with van der Waals surface area (Å²) in [5, 5.41) is 9.65. The topological polar surface area (TPSA) is 68.8 Å². The van der Waals surface area contributed by atoms with Gasteiger partial charge in [-0.05, 0) is 68.1 Å². The number of likely N-dealkylation sites (tertiary alicyclic amines) is 1. The van der Waals surface area contributed by atoms with Crippen LogP contribution in [0.4, 0.5) is 5.69 Å². The van der Waals surface area contributed by atoms with E-state index in [0.29, 0.717) is 13.0 Å². The summed E-state index contributed by atoms with van der Waals surface area (Å²) in [5.41, 5.74) is 4.55. The van der Waals surface area contributed by atoms with Crippen LogP contribution in [0.1, 0.15) is 56.2 Å². The summed E-state index contributed by atoms with van der Waals surface area (Å²) < 4.78 is 0. The summed E-state index contributed by atoms with van der Waals surface area (Å²) in [7, 11) is 0. The van der Waals surface area contributed by atoms with Crippen LogP contribution in [0.3, 0.4) is 0 Å². The van der Waals surface area contributed by atoms with Gasteiger partial charge in [0.2, 0.25) is 5.91 Å². The first-order chi connectivity index (χ1) is 15.7. The highest BCUT2D eigenvalue weighted by Crippen LogP contribution is 2.14. The number of guanidine groups is 1. The van der Waals surface area contributed by atoms with Gasteiger partial charge in [0.1, 0.15) is 0 Å². The second kappa shape index (κ2) is 12.9. The Morgan fingerprint density at radius 1 is 0.906 bits per heavy atom. The monoisotopic (exact) mass is 435 g/mol. The number of anilines is 1. The van der Waals surface area contributed by atoms with E-state index < -0.39 is 0 Å². The van der Waals surface area contributed by atoms with E-state index in [4.69, 9.17) is 4.99 Å². The molecule has 32 heavy (non-hydrogen) atoms. The van der Waals surface area contributed by atoms with Gasteiger partial charge in [-0.2, -0.15) is 0 Å². The molecule has 0 aromatic heterocycles. The van der Waals surface area contributed by atoms with Crippen molar-refractivity contribution in [3.05, 3.63) is 65.2 Å². The van der Waals surface area contributed by atoms with Gasteiger partial charge in [0.15, 0.2) is 5.96 Å². The highest BCUT2D eigenvalue weighted by Gasteiger charge is 2.11. The molecule has 6 nitrogen and oxygen atoms in total. The van der Waals surface area contributed by atoms with Crippen LogP contribution in [0.25, 0.3) is 0 Å². The van der Waals surface area contributed by atoms with Crippen molar-refractivity contribution >= 4 is 17.6 Å². The van der Waals surface area contributed by atoms with Crippen LogP contribution in [0.15, 0.2) is 53.5 Å². The predicted molar refractivity (Wildman–Crippen MR) is 133 cm³/mol.